The summed E-state index contributed by atoms with van der Waals surface area (Å²) in [5.74, 6) is 0. The summed E-state index contributed by atoms with van der Waals surface area (Å²) in [5.41, 5.74) is -0.128. The number of rotatable bonds is 13. The minimum Gasteiger partial charge on any atom is -0.394 e. The molecule has 0 aliphatic rings. The van der Waals surface area contributed by atoms with Crippen molar-refractivity contribution in [1.29, 1.82) is 0 Å². The molecular weight excluding hydrogens is 264 g/mol. The fourth-order valence-electron chi connectivity index (χ4n) is 2.84. The number of nitrogens with zero attached hydrogens (tertiary/aromatic N) is 1. The quantitative estimate of drug-likeness (QED) is 0.549. The zero-order valence-corrected chi connectivity index (χ0v) is 15.1. The van der Waals surface area contributed by atoms with E-state index in [2.05, 4.69) is 44.8 Å². The average Bonchev–Trinajstić information content (AvgIpc) is 2.48. The summed E-state index contributed by atoms with van der Waals surface area (Å²) in [7, 11) is 1.76. The van der Waals surface area contributed by atoms with Crippen molar-refractivity contribution in [1.82, 2.24) is 10.2 Å². The van der Waals surface area contributed by atoms with E-state index in [1.54, 1.807) is 7.11 Å². The van der Waals surface area contributed by atoms with E-state index < -0.39 is 0 Å². The maximum Gasteiger partial charge on any atom is 0.0613 e. The summed E-state index contributed by atoms with van der Waals surface area (Å²) in [6.07, 6.45) is 4.23. The molecule has 0 aliphatic heterocycles. The van der Waals surface area contributed by atoms with Crippen molar-refractivity contribution < 1.29 is 9.84 Å². The summed E-state index contributed by atoms with van der Waals surface area (Å²) in [6.45, 7) is 14.0. The van der Waals surface area contributed by atoms with Gasteiger partial charge in [-0.1, -0.05) is 27.7 Å². The van der Waals surface area contributed by atoms with Crippen LogP contribution in [0.2, 0.25) is 0 Å². The van der Waals surface area contributed by atoms with E-state index in [4.69, 9.17) is 4.74 Å². The second-order valence-corrected chi connectivity index (χ2v) is 6.48. The van der Waals surface area contributed by atoms with E-state index >= 15 is 0 Å². The highest BCUT2D eigenvalue weighted by Gasteiger charge is 2.27. The number of hydrogen-bond donors (Lipinski definition) is 2. The van der Waals surface area contributed by atoms with Gasteiger partial charge in [-0.2, -0.15) is 0 Å². The Hall–Kier alpha value is -0.160. The maximum atomic E-state index is 9.79. The molecule has 0 heterocycles. The monoisotopic (exact) mass is 302 g/mol. The van der Waals surface area contributed by atoms with Crippen molar-refractivity contribution in [2.75, 3.05) is 33.4 Å². The number of methoxy groups -OCH3 is 1. The Morgan fingerprint density at radius 3 is 2.29 bits per heavy atom. The number of nitrogens with one attached hydrogen (secondary N) is 1. The fraction of sp³-hybridized carbons (Fsp3) is 1.00. The Kier molecular flexibility index (Phi) is 11.3. The van der Waals surface area contributed by atoms with Crippen molar-refractivity contribution >= 4 is 0 Å². The van der Waals surface area contributed by atoms with Crippen molar-refractivity contribution in [3.8, 4) is 0 Å². The van der Waals surface area contributed by atoms with Gasteiger partial charge in [0.15, 0.2) is 0 Å². The van der Waals surface area contributed by atoms with Gasteiger partial charge < -0.3 is 15.2 Å². The van der Waals surface area contributed by atoms with E-state index in [0.29, 0.717) is 12.1 Å². The lowest BCUT2D eigenvalue weighted by molar-refractivity contribution is 0.106. The van der Waals surface area contributed by atoms with Crippen LogP contribution in [0.1, 0.15) is 60.3 Å². The first-order chi connectivity index (χ1) is 9.94. The molecule has 0 aromatic carbocycles. The third kappa shape index (κ3) is 8.15. The number of ether oxygens (including phenoxy) is 1. The molecule has 2 unspecified atom stereocenters. The van der Waals surface area contributed by atoms with Crippen molar-refractivity contribution in [2.45, 2.75) is 77.9 Å². The molecule has 0 saturated heterocycles. The highest BCUT2D eigenvalue weighted by Crippen LogP contribution is 2.19. The number of aliphatic hydroxyl groups excluding tert-OH is 1. The molecule has 21 heavy (non-hydrogen) atoms. The minimum absolute atomic E-state index is 0.128. The van der Waals surface area contributed by atoms with Crippen LogP contribution in [-0.2, 0) is 4.74 Å². The molecule has 0 saturated carbocycles. The van der Waals surface area contributed by atoms with Crippen molar-refractivity contribution in [2.24, 2.45) is 0 Å². The molecule has 0 aromatic rings. The van der Waals surface area contributed by atoms with Crippen LogP contribution in [0.5, 0.6) is 0 Å². The fourth-order valence-corrected chi connectivity index (χ4v) is 2.84. The third-order valence-corrected chi connectivity index (χ3v) is 4.47. The predicted octanol–water partition coefficient (Wildman–Crippen LogP) is 2.65. The average molecular weight is 303 g/mol. The third-order valence-electron chi connectivity index (χ3n) is 4.47. The Bertz CT molecular complexity index is 243. The first kappa shape index (κ1) is 20.8. The van der Waals surface area contributed by atoms with Crippen LogP contribution in [0.4, 0.5) is 0 Å². The molecule has 0 rings (SSSR count). The van der Waals surface area contributed by atoms with Crippen LogP contribution < -0.4 is 5.32 Å². The Balaban J connectivity index is 4.42. The molecule has 2 N–H and O–H groups in total. The van der Waals surface area contributed by atoms with Crippen molar-refractivity contribution in [3.63, 3.8) is 0 Å². The second-order valence-electron chi connectivity index (χ2n) is 6.48. The van der Waals surface area contributed by atoms with Gasteiger partial charge in [-0.3, -0.25) is 4.90 Å². The van der Waals surface area contributed by atoms with E-state index in [1.807, 2.05) is 0 Å². The summed E-state index contributed by atoms with van der Waals surface area (Å²) >= 11 is 0. The maximum absolute atomic E-state index is 9.79. The van der Waals surface area contributed by atoms with E-state index in [0.717, 1.165) is 45.4 Å². The smallest absolute Gasteiger partial charge is 0.0613 e. The minimum atomic E-state index is -0.128. The zero-order valence-electron chi connectivity index (χ0n) is 15.1. The number of hydrogen-bond acceptors (Lipinski definition) is 4. The highest BCUT2D eigenvalue weighted by atomic mass is 16.5. The van der Waals surface area contributed by atoms with Gasteiger partial charge in [0, 0.05) is 31.3 Å². The molecule has 2 atom stereocenters. The van der Waals surface area contributed by atoms with Gasteiger partial charge in [0.05, 0.1) is 13.2 Å². The Morgan fingerprint density at radius 2 is 1.86 bits per heavy atom. The van der Waals surface area contributed by atoms with Crippen LogP contribution in [0, 0.1) is 0 Å². The van der Waals surface area contributed by atoms with Crippen LogP contribution in [0.15, 0.2) is 0 Å². The zero-order chi connectivity index (χ0) is 16.3. The van der Waals surface area contributed by atoms with E-state index in [-0.39, 0.29) is 12.1 Å². The lowest BCUT2D eigenvalue weighted by Crippen LogP contribution is -2.51. The summed E-state index contributed by atoms with van der Waals surface area (Å²) in [5, 5.41) is 13.4. The molecule has 0 bridgehead atoms. The summed E-state index contributed by atoms with van der Waals surface area (Å²) in [6, 6.07) is 0.986. The molecule has 0 fully saturated rings. The molecule has 4 nitrogen and oxygen atoms in total. The topological polar surface area (TPSA) is 44.7 Å². The predicted molar refractivity (Wildman–Crippen MR) is 90.8 cm³/mol. The van der Waals surface area contributed by atoms with Gasteiger partial charge in [-0.25, -0.2) is 0 Å². The van der Waals surface area contributed by atoms with Crippen LogP contribution >= 0.6 is 0 Å². The largest absolute Gasteiger partial charge is 0.394 e. The Labute approximate surface area is 132 Å². The van der Waals surface area contributed by atoms with Gasteiger partial charge in [0.2, 0.25) is 0 Å². The molecule has 0 amide bonds. The van der Waals surface area contributed by atoms with Crippen LogP contribution in [0.3, 0.4) is 0 Å². The van der Waals surface area contributed by atoms with Gasteiger partial charge in [-0.15, -0.1) is 0 Å². The lowest BCUT2D eigenvalue weighted by atomic mass is 9.90. The first-order valence-corrected chi connectivity index (χ1v) is 8.56. The molecule has 128 valence electrons. The summed E-state index contributed by atoms with van der Waals surface area (Å²) in [4.78, 5) is 2.50. The standard InChI is InChI=1S/C17H38N2O2/c1-7-16(5)19(12-13-21-6)11-9-10-17(8-2,14-20)18-15(3)4/h15-16,18,20H,7-14H2,1-6H3. The summed E-state index contributed by atoms with van der Waals surface area (Å²) < 4.78 is 5.22. The first-order valence-electron chi connectivity index (χ1n) is 8.56. The van der Waals surface area contributed by atoms with Gasteiger partial charge >= 0.3 is 0 Å². The number of aliphatic hydroxyl groups is 1. The lowest BCUT2D eigenvalue weighted by Gasteiger charge is -2.36. The highest BCUT2D eigenvalue weighted by molar-refractivity contribution is 4.88. The molecule has 0 aromatic heterocycles. The normalized spacial score (nSPS) is 16.4. The second kappa shape index (κ2) is 11.4. The van der Waals surface area contributed by atoms with Gasteiger partial charge in [0.25, 0.3) is 0 Å². The molecule has 0 radical (unpaired) electrons. The molecule has 4 heteroatoms. The molecular formula is C17H38N2O2. The van der Waals surface area contributed by atoms with Gasteiger partial charge in [0.1, 0.15) is 0 Å². The van der Waals surface area contributed by atoms with Crippen LogP contribution in [0.25, 0.3) is 0 Å². The van der Waals surface area contributed by atoms with Gasteiger partial charge in [-0.05, 0) is 39.2 Å². The SMILES string of the molecule is CCC(C)N(CCCC(CC)(CO)NC(C)C)CCOC. The molecule has 0 aliphatic carbocycles. The van der Waals surface area contributed by atoms with Crippen LogP contribution in [-0.4, -0.2) is 61.0 Å². The van der Waals surface area contributed by atoms with E-state index in [9.17, 15) is 5.11 Å². The Morgan fingerprint density at radius 1 is 1.19 bits per heavy atom. The van der Waals surface area contributed by atoms with Crippen molar-refractivity contribution in [3.05, 3.63) is 0 Å². The molecule has 0 spiro atoms. The van der Waals surface area contributed by atoms with E-state index in [1.165, 1.54) is 0 Å².